The molecule has 2 N–H and O–H groups in total. The number of nitrogens with zero attached hydrogens (tertiary/aromatic N) is 2. The summed E-state index contributed by atoms with van der Waals surface area (Å²) >= 11 is 7.26. The highest BCUT2D eigenvalue weighted by molar-refractivity contribution is 7.13. The zero-order valence-corrected chi connectivity index (χ0v) is 13.0. The maximum atomic E-state index is 12.5. The molecule has 0 spiro atoms. The van der Waals surface area contributed by atoms with Crippen molar-refractivity contribution in [2.24, 2.45) is 0 Å². The number of carbonyl (C=O) groups excluding carboxylic acids is 1. The Kier molecular flexibility index (Phi) is 4.12. The molecule has 1 fully saturated rings. The van der Waals surface area contributed by atoms with Crippen LogP contribution < -0.4 is 5.73 Å². The molecule has 1 saturated carbocycles. The molecule has 1 aliphatic carbocycles. The second-order valence-corrected chi connectivity index (χ2v) is 6.56. The highest BCUT2D eigenvalue weighted by Crippen LogP contribution is 2.29. The Bertz CT molecular complexity index is 637. The summed E-state index contributed by atoms with van der Waals surface area (Å²) in [6, 6.07) is 8.00. The van der Waals surface area contributed by atoms with Crippen molar-refractivity contribution in [3.8, 4) is 0 Å². The number of nitrogens with two attached hydrogens (primary N) is 1. The number of carbonyl (C=O) groups is 1. The molecule has 1 aliphatic rings. The fourth-order valence-electron chi connectivity index (χ4n) is 2.25. The summed E-state index contributed by atoms with van der Waals surface area (Å²) in [5, 5.41) is 3.06. The van der Waals surface area contributed by atoms with Crippen LogP contribution >= 0.6 is 22.9 Å². The minimum absolute atomic E-state index is 0.109. The molecule has 21 heavy (non-hydrogen) atoms. The van der Waals surface area contributed by atoms with Crippen molar-refractivity contribution in [3.05, 3.63) is 45.9 Å². The standard InChI is InChI=1S/C15H16ClN3OS/c16-11-3-1-10(2-4-11)8-19(13-5-6-13)14(20)7-12-9-21-15(17)18-12/h1-4,9,13H,5-8H2,(H2,17,18). The van der Waals surface area contributed by atoms with Gasteiger partial charge in [0.1, 0.15) is 0 Å². The number of benzene rings is 1. The molecule has 2 aromatic rings. The molecule has 0 bridgehead atoms. The van der Waals surface area contributed by atoms with Crippen molar-refractivity contribution in [1.29, 1.82) is 0 Å². The van der Waals surface area contributed by atoms with Gasteiger partial charge in [0.2, 0.25) is 5.91 Å². The van der Waals surface area contributed by atoms with E-state index in [2.05, 4.69) is 4.98 Å². The summed E-state index contributed by atoms with van der Waals surface area (Å²) in [6.45, 7) is 0.625. The maximum absolute atomic E-state index is 12.5. The minimum atomic E-state index is 0.109. The first-order valence-electron chi connectivity index (χ1n) is 6.85. The van der Waals surface area contributed by atoms with Crippen LogP contribution in [0.1, 0.15) is 24.1 Å². The number of thiazole rings is 1. The van der Waals surface area contributed by atoms with Crippen molar-refractivity contribution in [1.82, 2.24) is 9.88 Å². The van der Waals surface area contributed by atoms with E-state index < -0.39 is 0 Å². The Morgan fingerprint density at radius 3 is 2.67 bits per heavy atom. The average molecular weight is 322 g/mol. The molecule has 110 valence electrons. The molecule has 1 aromatic carbocycles. The number of nitrogen functional groups attached to an aromatic ring is 1. The van der Waals surface area contributed by atoms with E-state index in [1.54, 1.807) is 0 Å². The number of anilines is 1. The predicted octanol–water partition coefficient (Wildman–Crippen LogP) is 3.11. The SMILES string of the molecule is Nc1nc(CC(=O)N(Cc2ccc(Cl)cc2)C2CC2)cs1. The van der Waals surface area contributed by atoms with Gasteiger partial charge in [0.05, 0.1) is 12.1 Å². The van der Waals surface area contributed by atoms with E-state index in [1.807, 2.05) is 34.5 Å². The number of halogens is 1. The van der Waals surface area contributed by atoms with Gasteiger partial charge in [-0.1, -0.05) is 23.7 Å². The highest BCUT2D eigenvalue weighted by Gasteiger charge is 2.32. The number of hydrogen-bond acceptors (Lipinski definition) is 4. The van der Waals surface area contributed by atoms with Gasteiger partial charge in [0.25, 0.3) is 0 Å². The van der Waals surface area contributed by atoms with E-state index in [0.29, 0.717) is 29.2 Å². The Morgan fingerprint density at radius 2 is 2.10 bits per heavy atom. The van der Waals surface area contributed by atoms with Crippen molar-refractivity contribution < 1.29 is 4.79 Å². The van der Waals surface area contributed by atoms with E-state index >= 15 is 0 Å². The zero-order chi connectivity index (χ0) is 14.8. The molecule has 0 saturated heterocycles. The third-order valence-corrected chi connectivity index (χ3v) is 4.45. The molecule has 1 aromatic heterocycles. The van der Waals surface area contributed by atoms with Crippen LogP contribution in [0.2, 0.25) is 5.02 Å². The summed E-state index contributed by atoms with van der Waals surface area (Å²) in [5.41, 5.74) is 7.46. The lowest BCUT2D eigenvalue weighted by molar-refractivity contribution is -0.131. The van der Waals surface area contributed by atoms with Crippen LogP contribution in [0.5, 0.6) is 0 Å². The molecule has 0 aliphatic heterocycles. The van der Waals surface area contributed by atoms with Gasteiger partial charge in [-0.25, -0.2) is 4.98 Å². The largest absolute Gasteiger partial charge is 0.375 e. The summed E-state index contributed by atoms with van der Waals surface area (Å²) in [4.78, 5) is 18.6. The molecular formula is C15H16ClN3OS. The van der Waals surface area contributed by atoms with Crippen LogP contribution in [-0.2, 0) is 17.8 Å². The molecule has 0 radical (unpaired) electrons. The summed E-state index contributed by atoms with van der Waals surface area (Å²) in [5.74, 6) is 0.109. The topological polar surface area (TPSA) is 59.2 Å². The second-order valence-electron chi connectivity index (χ2n) is 5.23. The van der Waals surface area contributed by atoms with E-state index in [0.717, 1.165) is 24.1 Å². The van der Waals surface area contributed by atoms with E-state index in [1.165, 1.54) is 11.3 Å². The van der Waals surface area contributed by atoms with Gasteiger partial charge < -0.3 is 10.6 Å². The smallest absolute Gasteiger partial charge is 0.229 e. The molecule has 3 rings (SSSR count). The lowest BCUT2D eigenvalue weighted by atomic mass is 10.2. The molecular weight excluding hydrogens is 306 g/mol. The quantitative estimate of drug-likeness (QED) is 0.920. The zero-order valence-electron chi connectivity index (χ0n) is 11.5. The van der Waals surface area contributed by atoms with Gasteiger partial charge >= 0.3 is 0 Å². The monoisotopic (exact) mass is 321 g/mol. The number of hydrogen-bond donors (Lipinski definition) is 1. The first-order chi connectivity index (χ1) is 10.1. The van der Waals surface area contributed by atoms with E-state index in [-0.39, 0.29) is 5.91 Å². The van der Waals surface area contributed by atoms with Crippen LogP contribution in [0.3, 0.4) is 0 Å². The highest BCUT2D eigenvalue weighted by atomic mass is 35.5. The first-order valence-corrected chi connectivity index (χ1v) is 8.11. The lowest BCUT2D eigenvalue weighted by Crippen LogP contribution is -2.33. The fourth-order valence-corrected chi connectivity index (χ4v) is 2.94. The third-order valence-electron chi connectivity index (χ3n) is 3.48. The number of amides is 1. The van der Waals surface area contributed by atoms with Crippen LogP contribution in [-0.4, -0.2) is 21.8 Å². The normalized spacial score (nSPS) is 14.1. The summed E-state index contributed by atoms with van der Waals surface area (Å²) < 4.78 is 0. The molecule has 0 atom stereocenters. The Morgan fingerprint density at radius 1 is 1.38 bits per heavy atom. The fraction of sp³-hybridized carbons (Fsp3) is 0.333. The summed E-state index contributed by atoms with van der Waals surface area (Å²) in [7, 11) is 0. The molecule has 0 unspecified atom stereocenters. The lowest BCUT2D eigenvalue weighted by Gasteiger charge is -2.22. The first kappa shape index (κ1) is 14.4. The van der Waals surface area contributed by atoms with Gasteiger partial charge in [-0.05, 0) is 30.5 Å². The van der Waals surface area contributed by atoms with Crippen molar-refractivity contribution in [3.63, 3.8) is 0 Å². The van der Waals surface area contributed by atoms with Gasteiger partial charge in [-0.2, -0.15) is 0 Å². The van der Waals surface area contributed by atoms with Crippen LogP contribution in [0.15, 0.2) is 29.6 Å². The third kappa shape index (κ3) is 3.74. The van der Waals surface area contributed by atoms with Gasteiger partial charge in [0.15, 0.2) is 5.13 Å². The number of aromatic nitrogens is 1. The van der Waals surface area contributed by atoms with Crippen LogP contribution in [0.4, 0.5) is 5.13 Å². The maximum Gasteiger partial charge on any atom is 0.229 e. The second kappa shape index (κ2) is 6.03. The van der Waals surface area contributed by atoms with Crippen molar-refractivity contribution in [2.45, 2.75) is 31.8 Å². The molecule has 1 heterocycles. The predicted molar refractivity (Wildman–Crippen MR) is 85.3 cm³/mol. The van der Waals surface area contributed by atoms with E-state index in [4.69, 9.17) is 17.3 Å². The van der Waals surface area contributed by atoms with Gasteiger partial charge in [0, 0.05) is 23.0 Å². The van der Waals surface area contributed by atoms with Gasteiger partial charge in [-0.3, -0.25) is 4.79 Å². The van der Waals surface area contributed by atoms with Crippen LogP contribution in [0.25, 0.3) is 0 Å². The Labute approximate surface area is 132 Å². The summed E-state index contributed by atoms with van der Waals surface area (Å²) in [6.07, 6.45) is 2.48. The molecule has 1 amide bonds. The minimum Gasteiger partial charge on any atom is -0.375 e. The number of rotatable bonds is 5. The Hall–Kier alpha value is -1.59. The van der Waals surface area contributed by atoms with Gasteiger partial charge in [-0.15, -0.1) is 11.3 Å². The molecule has 6 heteroatoms. The van der Waals surface area contributed by atoms with Crippen LogP contribution in [0, 0.1) is 0 Å². The van der Waals surface area contributed by atoms with E-state index in [9.17, 15) is 4.79 Å². The van der Waals surface area contributed by atoms with Crippen molar-refractivity contribution >= 4 is 34.0 Å². The Balaban J connectivity index is 1.69. The van der Waals surface area contributed by atoms with Crippen molar-refractivity contribution in [2.75, 3.05) is 5.73 Å². The average Bonchev–Trinajstić information content (AvgIpc) is 3.21. The molecule has 4 nitrogen and oxygen atoms in total.